The van der Waals surface area contributed by atoms with Crippen molar-refractivity contribution in [2.45, 2.75) is 62.7 Å². The van der Waals surface area contributed by atoms with E-state index in [4.69, 9.17) is 0 Å². The molecule has 2 aliphatic heterocycles. The van der Waals surface area contributed by atoms with Crippen LogP contribution in [0.15, 0.2) is 0 Å². The molecule has 2 amide bonds. The van der Waals surface area contributed by atoms with E-state index in [9.17, 15) is 19.5 Å². The molecule has 0 aromatic rings. The molecule has 2 rings (SSSR count). The van der Waals surface area contributed by atoms with Gasteiger partial charge in [0.05, 0.1) is 10.6 Å². The first-order valence-corrected chi connectivity index (χ1v) is 9.97. The van der Waals surface area contributed by atoms with Crippen LogP contribution in [0.3, 0.4) is 0 Å². The van der Waals surface area contributed by atoms with Crippen LogP contribution >= 0.6 is 24.4 Å². The van der Waals surface area contributed by atoms with Crippen LogP contribution in [0, 0.1) is 11.8 Å². The van der Waals surface area contributed by atoms with Gasteiger partial charge < -0.3 is 15.3 Å². The van der Waals surface area contributed by atoms with E-state index < -0.39 is 23.3 Å². The number of amides is 2. The predicted octanol–water partition coefficient (Wildman–Crippen LogP) is 1.60. The summed E-state index contributed by atoms with van der Waals surface area (Å²) in [6.45, 7) is 5.98. The van der Waals surface area contributed by atoms with E-state index >= 15 is 0 Å². The van der Waals surface area contributed by atoms with Crippen LogP contribution in [0.25, 0.3) is 0 Å². The van der Waals surface area contributed by atoms with Gasteiger partial charge in [-0.25, -0.2) is 4.79 Å². The van der Waals surface area contributed by atoms with Crippen molar-refractivity contribution in [3.8, 4) is 0 Å². The molecule has 2 N–H and O–H groups in total. The monoisotopic (exact) mass is 374 g/mol. The minimum Gasteiger partial charge on any atom is -0.480 e. The number of fused-ring (bicyclic) bond motifs is 1. The second-order valence-electron chi connectivity index (χ2n) is 6.86. The molecule has 2 fully saturated rings. The van der Waals surface area contributed by atoms with Gasteiger partial charge in [-0.3, -0.25) is 9.59 Å². The molecule has 0 saturated carbocycles. The van der Waals surface area contributed by atoms with Gasteiger partial charge in [0.15, 0.2) is 0 Å². The molecule has 0 bridgehead atoms. The van der Waals surface area contributed by atoms with Gasteiger partial charge in [-0.2, -0.15) is 12.6 Å². The van der Waals surface area contributed by atoms with Crippen LogP contribution in [-0.4, -0.2) is 56.3 Å². The molecule has 0 aromatic carbocycles. The topological polar surface area (TPSA) is 86.7 Å². The van der Waals surface area contributed by atoms with Crippen LogP contribution < -0.4 is 5.32 Å². The fraction of sp³-hybridized carbons (Fsp3) is 0.812. The average molecular weight is 375 g/mol. The molecule has 6 nitrogen and oxygen atoms in total. The molecule has 2 saturated heterocycles. The van der Waals surface area contributed by atoms with Crippen molar-refractivity contribution in [2.24, 2.45) is 11.8 Å². The van der Waals surface area contributed by atoms with Crippen molar-refractivity contribution < 1.29 is 19.5 Å². The van der Waals surface area contributed by atoms with Gasteiger partial charge in [-0.1, -0.05) is 27.2 Å². The first kappa shape index (κ1) is 19.4. The lowest BCUT2D eigenvalue weighted by atomic mass is 9.99. The number of nitrogens with one attached hydrogen (secondary N) is 1. The van der Waals surface area contributed by atoms with E-state index in [1.807, 2.05) is 20.8 Å². The third-order valence-electron chi connectivity index (χ3n) is 4.94. The van der Waals surface area contributed by atoms with E-state index in [0.717, 1.165) is 12.8 Å². The van der Waals surface area contributed by atoms with Crippen molar-refractivity contribution in [3.63, 3.8) is 0 Å². The second-order valence-corrected chi connectivity index (χ2v) is 8.62. The predicted molar refractivity (Wildman–Crippen MR) is 97.1 cm³/mol. The van der Waals surface area contributed by atoms with Crippen molar-refractivity contribution in [1.82, 2.24) is 10.2 Å². The Kier molecular flexibility index (Phi) is 6.47. The average Bonchev–Trinajstić information content (AvgIpc) is 2.90. The van der Waals surface area contributed by atoms with Gasteiger partial charge >= 0.3 is 5.97 Å². The third kappa shape index (κ3) is 4.02. The maximum Gasteiger partial charge on any atom is 0.327 e. The largest absolute Gasteiger partial charge is 0.480 e. The number of thioether (sulfide) groups is 1. The summed E-state index contributed by atoms with van der Waals surface area (Å²) in [7, 11) is 0. The fourth-order valence-electron chi connectivity index (χ4n) is 3.21. The highest BCUT2D eigenvalue weighted by atomic mass is 32.2. The molecule has 24 heavy (non-hydrogen) atoms. The fourth-order valence-corrected chi connectivity index (χ4v) is 5.08. The van der Waals surface area contributed by atoms with Gasteiger partial charge in [0.2, 0.25) is 11.8 Å². The summed E-state index contributed by atoms with van der Waals surface area (Å²) in [5, 5.41) is 11.6. The van der Waals surface area contributed by atoms with Crippen molar-refractivity contribution in [3.05, 3.63) is 0 Å². The Morgan fingerprint density at radius 2 is 2.12 bits per heavy atom. The molecule has 0 unspecified atom stereocenters. The van der Waals surface area contributed by atoms with Crippen LogP contribution in [0.4, 0.5) is 0 Å². The number of carboxylic acids is 1. The lowest BCUT2D eigenvalue weighted by molar-refractivity contribution is -0.150. The number of hydrogen-bond donors (Lipinski definition) is 3. The molecule has 2 heterocycles. The van der Waals surface area contributed by atoms with E-state index in [1.165, 1.54) is 16.7 Å². The highest BCUT2D eigenvalue weighted by Crippen LogP contribution is 2.37. The van der Waals surface area contributed by atoms with Crippen molar-refractivity contribution in [1.29, 1.82) is 0 Å². The zero-order chi connectivity index (χ0) is 18.0. The smallest absolute Gasteiger partial charge is 0.327 e. The zero-order valence-corrected chi connectivity index (χ0v) is 16.0. The normalized spacial score (nSPS) is 32.7. The Morgan fingerprint density at radius 3 is 2.71 bits per heavy atom. The summed E-state index contributed by atoms with van der Waals surface area (Å²) < 4.78 is 0. The molecular weight excluding hydrogens is 348 g/mol. The summed E-state index contributed by atoms with van der Waals surface area (Å²) in [4.78, 5) is 38.2. The molecule has 0 spiro atoms. The van der Waals surface area contributed by atoms with E-state index in [0.29, 0.717) is 12.2 Å². The van der Waals surface area contributed by atoms with E-state index in [-0.39, 0.29) is 29.0 Å². The number of hydrogen-bond acceptors (Lipinski definition) is 5. The van der Waals surface area contributed by atoms with Crippen molar-refractivity contribution in [2.75, 3.05) is 5.75 Å². The van der Waals surface area contributed by atoms with Gasteiger partial charge in [0.25, 0.3) is 0 Å². The maximum atomic E-state index is 12.9. The summed E-state index contributed by atoms with van der Waals surface area (Å²) in [6.07, 6.45) is 2.11. The maximum absolute atomic E-state index is 12.9. The van der Waals surface area contributed by atoms with E-state index in [1.54, 1.807) is 0 Å². The SMILES string of the molecule is CC[C@H](C)[C@H](S)C(=O)N[C@H]1C[C@H](C)C[C@H]2SC[C@@H](C(=O)O)N2C1=O. The minimum absolute atomic E-state index is 0.105. The number of thiol groups is 1. The highest BCUT2D eigenvalue weighted by molar-refractivity contribution is 8.00. The molecule has 2 aliphatic rings. The van der Waals surface area contributed by atoms with Gasteiger partial charge in [-0.15, -0.1) is 11.8 Å². The number of carbonyl (C=O) groups excluding carboxylic acids is 2. The molecule has 136 valence electrons. The zero-order valence-electron chi connectivity index (χ0n) is 14.3. The molecule has 8 heteroatoms. The number of carbonyl (C=O) groups is 3. The first-order chi connectivity index (χ1) is 11.3. The minimum atomic E-state index is -0.982. The van der Waals surface area contributed by atoms with Crippen molar-refractivity contribution >= 4 is 42.2 Å². The van der Waals surface area contributed by atoms with E-state index in [2.05, 4.69) is 17.9 Å². The number of aliphatic carboxylic acids is 1. The van der Waals surface area contributed by atoms with Gasteiger partial charge in [0.1, 0.15) is 12.1 Å². The molecular formula is C16H26N2O4S2. The number of carboxylic acid groups (broad SMARTS) is 1. The Morgan fingerprint density at radius 1 is 1.46 bits per heavy atom. The first-order valence-electron chi connectivity index (χ1n) is 8.41. The highest BCUT2D eigenvalue weighted by Gasteiger charge is 2.47. The number of nitrogens with zero attached hydrogens (tertiary/aromatic N) is 1. The van der Waals surface area contributed by atoms with Crippen LogP contribution in [0.5, 0.6) is 0 Å². The Bertz CT molecular complexity index is 516. The summed E-state index contributed by atoms with van der Waals surface area (Å²) in [6, 6.07) is -1.48. The van der Waals surface area contributed by atoms with Crippen LogP contribution in [-0.2, 0) is 14.4 Å². The van der Waals surface area contributed by atoms with Crippen LogP contribution in [0.2, 0.25) is 0 Å². The van der Waals surface area contributed by atoms with Crippen LogP contribution in [0.1, 0.15) is 40.0 Å². The van der Waals surface area contributed by atoms with Gasteiger partial charge in [-0.05, 0) is 24.7 Å². The Hall–Kier alpha value is -0.890. The molecule has 0 aliphatic carbocycles. The second kappa shape index (κ2) is 7.99. The molecule has 0 aromatic heterocycles. The summed E-state index contributed by atoms with van der Waals surface area (Å²) in [5.74, 6) is -0.772. The third-order valence-corrected chi connectivity index (χ3v) is 7.00. The molecule has 0 radical (unpaired) electrons. The number of rotatable bonds is 5. The Labute approximate surface area is 152 Å². The summed E-state index contributed by atoms with van der Waals surface area (Å²) in [5.41, 5.74) is 0. The lowest BCUT2D eigenvalue weighted by Gasteiger charge is -2.29. The quantitative estimate of drug-likeness (QED) is 0.637. The summed E-state index contributed by atoms with van der Waals surface area (Å²) >= 11 is 5.88. The van der Waals surface area contributed by atoms with Gasteiger partial charge in [0, 0.05) is 5.75 Å². The molecule has 6 atom stereocenters. The Balaban J connectivity index is 2.15. The standard InChI is InChI=1S/C16H26N2O4S2/c1-4-9(3)13(23)14(19)17-10-5-8(2)6-12-18(15(10)20)11(7-24-12)16(21)22/h8-13,23H,4-7H2,1-3H3,(H,17,19)(H,21,22)/t8-,9-,10-,11-,12+,13-/m0/s1. The lowest BCUT2D eigenvalue weighted by Crippen LogP contribution is -2.54.